The smallest absolute Gasteiger partial charge is 0.257 e. The molecule has 100 valence electrons. The first kappa shape index (κ1) is 13.8. The van der Waals surface area contributed by atoms with Crippen LogP contribution in [0.4, 0.5) is 10.1 Å². The predicted molar refractivity (Wildman–Crippen MR) is 72.2 cm³/mol. The number of hydrogen-bond acceptors (Lipinski definition) is 3. The number of carbonyl (C=O) groups excluding carboxylic acids is 1. The first-order valence-electron chi connectivity index (χ1n) is 5.51. The Morgan fingerprint density at radius 3 is 2.70 bits per heavy atom. The minimum Gasteiger partial charge on any atom is -0.508 e. The summed E-state index contributed by atoms with van der Waals surface area (Å²) < 4.78 is 13.6. The number of nitrogens with zero attached hydrogens (tertiary/aromatic N) is 1. The number of halogens is 2. The molecule has 0 heterocycles. The number of amides is 1. The zero-order valence-corrected chi connectivity index (χ0v) is 10.8. The third-order valence-electron chi connectivity index (χ3n) is 2.54. The van der Waals surface area contributed by atoms with Crippen LogP contribution in [0.25, 0.3) is 0 Å². The van der Waals surface area contributed by atoms with Crippen molar-refractivity contribution >= 4 is 23.2 Å². The minimum absolute atomic E-state index is 0.0235. The molecule has 0 aliphatic carbocycles. The molecule has 2 N–H and O–H groups in total. The second-order valence-corrected chi connectivity index (χ2v) is 4.33. The fourth-order valence-electron chi connectivity index (χ4n) is 1.56. The summed E-state index contributed by atoms with van der Waals surface area (Å²) in [6.07, 6.45) is 0. The second kappa shape index (κ2) is 5.59. The third-order valence-corrected chi connectivity index (χ3v) is 2.87. The Hall–Kier alpha value is -2.58. The van der Waals surface area contributed by atoms with E-state index >= 15 is 0 Å². The van der Waals surface area contributed by atoms with Gasteiger partial charge < -0.3 is 10.4 Å². The molecule has 4 nitrogen and oxygen atoms in total. The Morgan fingerprint density at radius 1 is 1.30 bits per heavy atom. The summed E-state index contributed by atoms with van der Waals surface area (Å²) in [5, 5.41) is 20.4. The summed E-state index contributed by atoms with van der Waals surface area (Å²) in [5.41, 5.74) is 0.0970. The quantitative estimate of drug-likeness (QED) is 0.891. The summed E-state index contributed by atoms with van der Waals surface area (Å²) in [7, 11) is 0. The van der Waals surface area contributed by atoms with Gasteiger partial charge in [0.1, 0.15) is 11.6 Å². The molecule has 0 fully saturated rings. The van der Waals surface area contributed by atoms with Crippen LogP contribution in [0.2, 0.25) is 5.02 Å². The monoisotopic (exact) mass is 290 g/mol. The van der Waals surface area contributed by atoms with Gasteiger partial charge in [-0.3, -0.25) is 4.79 Å². The van der Waals surface area contributed by atoms with Gasteiger partial charge in [-0.05, 0) is 36.4 Å². The fourth-order valence-corrected chi connectivity index (χ4v) is 1.77. The van der Waals surface area contributed by atoms with E-state index < -0.39 is 11.7 Å². The van der Waals surface area contributed by atoms with E-state index in [1.807, 2.05) is 0 Å². The number of anilines is 1. The minimum atomic E-state index is -0.728. The summed E-state index contributed by atoms with van der Waals surface area (Å²) in [4.78, 5) is 12.0. The van der Waals surface area contributed by atoms with Gasteiger partial charge in [0.25, 0.3) is 5.91 Å². The van der Waals surface area contributed by atoms with E-state index in [1.165, 1.54) is 30.3 Å². The van der Waals surface area contributed by atoms with Crippen LogP contribution in [-0.2, 0) is 0 Å². The molecule has 0 atom stereocenters. The van der Waals surface area contributed by atoms with Gasteiger partial charge in [-0.1, -0.05) is 11.6 Å². The average Bonchev–Trinajstić information content (AvgIpc) is 2.43. The Bertz CT molecular complexity index is 726. The molecule has 0 saturated carbocycles. The van der Waals surface area contributed by atoms with E-state index in [-0.39, 0.29) is 27.6 Å². The number of phenolic OH excluding ortho intramolecular Hbond substituents is 1. The molecule has 0 bridgehead atoms. The van der Waals surface area contributed by atoms with Gasteiger partial charge in [-0.25, -0.2) is 4.39 Å². The number of phenols is 1. The molecule has 20 heavy (non-hydrogen) atoms. The lowest BCUT2D eigenvalue weighted by molar-refractivity contribution is 0.102. The van der Waals surface area contributed by atoms with Crippen LogP contribution in [0.15, 0.2) is 36.4 Å². The van der Waals surface area contributed by atoms with Crippen molar-refractivity contribution in [1.29, 1.82) is 5.26 Å². The third kappa shape index (κ3) is 2.87. The fraction of sp³-hybridized carbons (Fsp3) is 0. The lowest BCUT2D eigenvalue weighted by Gasteiger charge is -2.08. The Balaban J connectivity index is 2.28. The van der Waals surface area contributed by atoms with E-state index in [4.69, 9.17) is 16.9 Å². The van der Waals surface area contributed by atoms with Crippen LogP contribution in [-0.4, -0.2) is 11.0 Å². The largest absolute Gasteiger partial charge is 0.508 e. The SMILES string of the molecule is N#Cc1ccc(NC(=O)c2cc(O)ccc2Cl)c(F)c1. The highest BCUT2D eigenvalue weighted by molar-refractivity contribution is 6.34. The van der Waals surface area contributed by atoms with Gasteiger partial charge in [0.2, 0.25) is 0 Å². The Kier molecular flexibility index (Phi) is 3.87. The molecule has 0 aliphatic rings. The van der Waals surface area contributed by atoms with Gasteiger partial charge in [0.15, 0.2) is 0 Å². The first-order chi connectivity index (χ1) is 9.51. The van der Waals surface area contributed by atoms with Crippen LogP contribution in [0, 0.1) is 17.1 Å². The van der Waals surface area contributed by atoms with Crippen molar-refractivity contribution in [1.82, 2.24) is 0 Å². The van der Waals surface area contributed by atoms with Crippen molar-refractivity contribution in [3.63, 3.8) is 0 Å². The van der Waals surface area contributed by atoms with E-state index in [2.05, 4.69) is 5.32 Å². The van der Waals surface area contributed by atoms with Crippen LogP contribution >= 0.6 is 11.6 Å². The summed E-state index contributed by atoms with van der Waals surface area (Å²) in [6, 6.07) is 9.34. The number of benzene rings is 2. The van der Waals surface area contributed by atoms with E-state index in [0.29, 0.717) is 0 Å². The van der Waals surface area contributed by atoms with Crippen molar-refractivity contribution in [2.24, 2.45) is 0 Å². The van der Waals surface area contributed by atoms with E-state index in [0.717, 1.165) is 6.07 Å². The van der Waals surface area contributed by atoms with Crippen LogP contribution in [0.1, 0.15) is 15.9 Å². The van der Waals surface area contributed by atoms with Crippen LogP contribution in [0.5, 0.6) is 5.75 Å². The molecule has 2 aromatic rings. The van der Waals surface area contributed by atoms with Gasteiger partial charge in [0.05, 0.1) is 27.9 Å². The average molecular weight is 291 g/mol. The number of hydrogen-bond donors (Lipinski definition) is 2. The summed E-state index contributed by atoms with van der Waals surface area (Å²) in [6.45, 7) is 0. The van der Waals surface area contributed by atoms with Crippen molar-refractivity contribution in [2.75, 3.05) is 5.32 Å². The van der Waals surface area contributed by atoms with Crippen molar-refractivity contribution in [3.05, 3.63) is 58.4 Å². The van der Waals surface area contributed by atoms with E-state index in [1.54, 1.807) is 6.07 Å². The molecule has 0 unspecified atom stereocenters. The number of aromatic hydroxyl groups is 1. The second-order valence-electron chi connectivity index (χ2n) is 3.92. The zero-order valence-electron chi connectivity index (χ0n) is 10.0. The molecule has 0 aromatic heterocycles. The Morgan fingerprint density at radius 2 is 2.05 bits per heavy atom. The number of nitriles is 1. The highest BCUT2D eigenvalue weighted by Crippen LogP contribution is 2.23. The maximum atomic E-state index is 13.6. The van der Waals surface area contributed by atoms with Gasteiger partial charge in [0, 0.05) is 0 Å². The number of carbonyl (C=O) groups is 1. The van der Waals surface area contributed by atoms with Crippen molar-refractivity contribution in [3.8, 4) is 11.8 Å². The van der Waals surface area contributed by atoms with Gasteiger partial charge >= 0.3 is 0 Å². The van der Waals surface area contributed by atoms with Crippen molar-refractivity contribution in [2.45, 2.75) is 0 Å². The molecule has 6 heteroatoms. The van der Waals surface area contributed by atoms with Gasteiger partial charge in [-0.2, -0.15) is 5.26 Å². The Labute approximate surface area is 119 Å². The molecule has 0 radical (unpaired) electrons. The normalized spacial score (nSPS) is 9.85. The molecule has 1 amide bonds. The lowest BCUT2D eigenvalue weighted by Crippen LogP contribution is -2.13. The summed E-state index contributed by atoms with van der Waals surface area (Å²) >= 11 is 5.84. The lowest BCUT2D eigenvalue weighted by atomic mass is 10.1. The summed E-state index contributed by atoms with van der Waals surface area (Å²) in [5.74, 6) is -1.51. The van der Waals surface area contributed by atoms with Crippen LogP contribution in [0.3, 0.4) is 0 Å². The maximum Gasteiger partial charge on any atom is 0.257 e. The molecule has 0 saturated heterocycles. The first-order valence-corrected chi connectivity index (χ1v) is 5.88. The molecule has 0 spiro atoms. The molecule has 2 aromatic carbocycles. The molecule has 2 rings (SSSR count). The highest BCUT2D eigenvalue weighted by atomic mass is 35.5. The topological polar surface area (TPSA) is 73.1 Å². The van der Waals surface area contributed by atoms with Crippen LogP contribution < -0.4 is 5.32 Å². The molecular formula is C14H8ClFN2O2. The maximum absolute atomic E-state index is 13.6. The number of nitrogens with one attached hydrogen (secondary N) is 1. The standard InChI is InChI=1S/C14H8ClFN2O2/c15-11-3-2-9(19)6-10(11)14(20)18-13-4-1-8(7-17)5-12(13)16/h1-6,19H,(H,18,20). The molecular weight excluding hydrogens is 283 g/mol. The number of rotatable bonds is 2. The molecule has 0 aliphatic heterocycles. The van der Waals surface area contributed by atoms with Gasteiger partial charge in [-0.15, -0.1) is 0 Å². The highest BCUT2D eigenvalue weighted by Gasteiger charge is 2.13. The zero-order chi connectivity index (χ0) is 14.7. The van der Waals surface area contributed by atoms with E-state index in [9.17, 15) is 14.3 Å². The predicted octanol–water partition coefficient (Wildman–Crippen LogP) is 3.31. The van der Waals surface area contributed by atoms with Crippen molar-refractivity contribution < 1.29 is 14.3 Å².